The van der Waals surface area contributed by atoms with E-state index in [9.17, 15) is 19.5 Å². The maximum absolute atomic E-state index is 14.8. The van der Waals surface area contributed by atoms with Crippen molar-refractivity contribution in [1.29, 1.82) is 0 Å². The number of likely N-dealkylation sites (tertiary alicyclic amines) is 1. The van der Waals surface area contributed by atoms with Gasteiger partial charge in [-0.05, 0) is 44.4 Å². The summed E-state index contributed by atoms with van der Waals surface area (Å²) >= 11 is 0. The molecule has 0 aromatic rings. The van der Waals surface area contributed by atoms with E-state index in [4.69, 9.17) is 9.47 Å². The van der Waals surface area contributed by atoms with Crippen LogP contribution in [-0.4, -0.2) is 81.3 Å². The minimum Gasteiger partial charge on any atom is -0.465 e. The Bertz CT molecular complexity index is 1040. The molecular formula is C31H48N2O6. The normalized spacial score (nSPS) is 34.6. The Balaban J connectivity index is 1.93. The first kappa shape index (κ1) is 29.8. The van der Waals surface area contributed by atoms with E-state index in [0.29, 0.717) is 19.4 Å². The lowest BCUT2D eigenvalue weighted by molar-refractivity contribution is -0.166. The molecule has 2 amide bonds. The van der Waals surface area contributed by atoms with Crippen molar-refractivity contribution in [1.82, 2.24) is 9.80 Å². The summed E-state index contributed by atoms with van der Waals surface area (Å²) < 4.78 is 12.6. The molecule has 1 unspecified atom stereocenters. The summed E-state index contributed by atoms with van der Waals surface area (Å²) in [7, 11) is 0. The monoisotopic (exact) mass is 544 g/mol. The lowest BCUT2D eigenvalue weighted by Gasteiger charge is -2.46. The van der Waals surface area contributed by atoms with Crippen molar-refractivity contribution in [2.24, 2.45) is 23.2 Å². The first-order valence-corrected chi connectivity index (χ1v) is 14.7. The molecule has 4 heterocycles. The van der Waals surface area contributed by atoms with Crippen LogP contribution in [0.5, 0.6) is 0 Å². The van der Waals surface area contributed by atoms with E-state index in [2.05, 4.69) is 34.6 Å². The molecule has 0 bridgehead atoms. The van der Waals surface area contributed by atoms with Crippen LogP contribution in [-0.2, 0) is 23.9 Å². The van der Waals surface area contributed by atoms with E-state index < -0.39 is 46.6 Å². The van der Waals surface area contributed by atoms with Gasteiger partial charge in [0.15, 0.2) is 0 Å². The first-order valence-electron chi connectivity index (χ1n) is 14.7. The maximum Gasteiger partial charge on any atom is 0.313 e. The van der Waals surface area contributed by atoms with Gasteiger partial charge in [0.2, 0.25) is 11.8 Å². The third-order valence-electron chi connectivity index (χ3n) is 9.38. The molecule has 7 atom stereocenters. The van der Waals surface area contributed by atoms with Crippen molar-refractivity contribution in [3.05, 3.63) is 24.3 Å². The second kappa shape index (κ2) is 10.3. The molecule has 39 heavy (non-hydrogen) atoms. The smallest absolute Gasteiger partial charge is 0.313 e. The maximum atomic E-state index is 14.8. The van der Waals surface area contributed by atoms with Crippen LogP contribution in [0.25, 0.3) is 0 Å². The van der Waals surface area contributed by atoms with Gasteiger partial charge in [-0.2, -0.15) is 0 Å². The summed E-state index contributed by atoms with van der Waals surface area (Å²) in [6, 6.07) is -1.59. The molecule has 8 heteroatoms. The number of aliphatic hydroxyl groups is 1. The molecule has 4 rings (SSSR count). The van der Waals surface area contributed by atoms with E-state index in [-0.39, 0.29) is 36.4 Å². The van der Waals surface area contributed by atoms with Gasteiger partial charge in [-0.25, -0.2) is 0 Å². The second-order valence-electron chi connectivity index (χ2n) is 13.8. The summed E-state index contributed by atoms with van der Waals surface area (Å²) in [5, 5.41) is 10.6. The van der Waals surface area contributed by atoms with Crippen LogP contribution >= 0.6 is 0 Å². The average Bonchev–Trinajstić information content (AvgIpc) is 3.18. The van der Waals surface area contributed by atoms with Gasteiger partial charge in [0, 0.05) is 12.1 Å². The van der Waals surface area contributed by atoms with Crippen molar-refractivity contribution in [2.45, 2.75) is 110 Å². The minimum absolute atomic E-state index is 0.0360. The fourth-order valence-electron chi connectivity index (χ4n) is 7.78. The lowest BCUT2D eigenvalue weighted by Crippen LogP contribution is -2.62. The highest BCUT2D eigenvalue weighted by atomic mass is 16.6. The van der Waals surface area contributed by atoms with Crippen LogP contribution in [0.3, 0.4) is 0 Å². The third kappa shape index (κ3) is 4.75. The Morgan fingerprint density at radius 1 is 1.05 bits per heavy atom. The molecule has 1 N–H and O–H groups in total. The zero-order valence-electron chi connectivity index (χ0n) is 25.0. The summed E-state index contributed by atoms with van der Waals surface area (Å²) in [5.41, 5.74) is -2.96. The Hall–Kier alpha value is -2.19. The minimum atomic E-state index is -1.35. The van der Waals surface area contributed by atoms with E-state index in [0.717, 1.165) is 12.8 Å². The van der Waals surface area contributed by atoms with Gasteiger partial charge in [0.25, 0.3) is 0 Å². The predicted octanol–water partition coefficient (Wildman–Crippen LogP) is 3.87. The first-order chi connectivity index (χ1) is 18.2. The van der Waals surface area contributed by atoms with E-state index in [1.54, 1.807) is 4.90 Å². The van der Waals surface area contributed by atoms with Gasteiger partial charge < -0.3 is 24.4 Å². The van der Waals surface area contributed by atoms with Gasteiger partial charge >= 0.3 is 5.97 Å². The molecule has 0 radical (unpaired) electrons. The van der Waals surface area contributed by atoms with Crippen LogP contribution in [0.1, 0.15) is 81.1 Å². The van der Waals surface area contributed by atoms with Crippen molar-refractivity contribution < 1.29 is 29.0 Å². The average molecular weight is 545 g/mol. The van der Waals surface area contributed by atoms with E-state index in [1.807, 2.05) is 50.0 Å². The molecule has 1 spiro atoms. The molecule has 4 aliphatic rings. The number of hydrogen-bond donors (Lipinski definition) is 1. The van der Waals surface area contributed by atoms with Crippen molar-refractivity contribution in [2.75, 3.05) is 19.8 Å². The van der Waals surface area contributed by atoms with Gasteiger partial charge in [-0.1, -0.05) is 72.3 Å². The zero-order chi connectivity index (χ0) is 29.0. The highest BCUT2D eigenvalue weighted by molar-refractivity contribution is 5.99. The van der Waals surface area contributed by atoms with Gasteiger partial charge in [-0.3, -0.25) is 14.4 Å². The number of rotatable bonds is 7. The number of aliphatic hydroxyl groups excluding tert-OH is 1. The third-order valence-corrected chi connectivity index (χ3v) is 9.38. The van der Waals surface area contributed by atoms with Crippen LogP contribution < -0.4 is 0 Å². The van der Waals surface area contributed by atoms with Gasteiger partial charge in [0.05, 0.1) is 25.2 Å². The fraction of sp³-hybridized carbons (Fsp3) is 0.774. The number of cyclic esters (lactones) is 1. The van der Waals surface area contributed by atoms with Crippen LogP contribution in [0, 0.1) is 23.2 Å². The topological polar surface area (TPSA) is 96.4 Å². The summed E-state index contributed by atoms with van der Waals surface area (Å²) in [6.07, 6.45) is 10.2. The van der Waals surface area contributed by atoms with Crippen LogP contribution in [0.4, 0.5) is 0 Å². The Labute approximate surface area is 233 Å². The molecule has 2 saturated heterocycles. The number of hydrogen-bond acceptors (Lipinski definition) is 6. The number of esters is 1. The van der Waals surface area contributed by atoms with Crippen molar-refractivity contribution in [3.63, 3.8) is 0 Å². The Kier molecular flexibility index (Phi) is 7.89. The largest absolute Gasteiger partial charge is 0.465 e. The lowest BCUT2D eigenvalue weighted by atomic mass is 9.73. The summed E-state index contributed by atoms with van der Waals surface area (Å²) in [5.74, 6) is -2.87. The molecule has 0 aromatic heterocycles. The van der Waals surface area contributed by atoms with Crippen LogP contribution in [0.2, 0.25) is 0 Å². The molecule has 0 aliphatic carbocycles. The quantitative estimate of drug-likeness (QED) is 0.386. The fourth-order valence-corrected chi connectivity index (χ4v) is 7.78. The molecule has 218 valence electrons. The van der Waals surface area contributed by atoms with Crippen LogP contribution in [0.15, 0.2) is 24.3 Å². The van der Waals surface area contributed by atoms with Crippen molar-refractivity contribution in [3.8, 4) is 0 Å². The molecule has 8 nitrogen and oxygen atoms in total. The predicted molar refractivity (Wildman–Crippen MR) is 149 cm³/mol. The molecule has 4 aliphatic heterocycles. The van der Waals surface area contributed by atoms with Gasteiger partial charge in [0.1, 0.15) is 23.2 Å². The number of amides is 2. The zero-order valence-corrected chi connectivity index (χ0v) is 25.0. The number of ether oxygens (including phenoxy) is 2. The molecule has 0 saturated carbocycles. The highest BCUT2D eigenvalue weighted by Crippen LogP contribution is 2.59. The Morgan fingerprint density at radius 3 is 2.33 bits per heavy atom. The molecular weight excluding hydrogens is 496 g/mol. The van der Waals surface area contributed by atoms with Gasteiger partial charge in [-0.15, -0.1) is 0 Å². The number of nitrogens with zero attached hydrogens (tertiary/aromatic N) is 2. The number of carbonyl (C=O) groups is 3. The standard InChI is InChI=1S/C31H48N2O6/c1-9-20(3)21(18-34)33-24-26(36)32(29(7,8)19-28(4,5)6)16-13-15-31(24)22(25(33)35)23-27(37)38-17-12-11-14-30(23,10-2)39-31/h11,13-15,20-24,34H,9-10,12,16-19H2,1-8H3/t20-,21-,22-,23-,24?,30+,31-/m0/s1. The molecule has 2 fully saturated rings. The van der Waals surface area contributed by atoms with Crippen molar-refractivity contribution >= 4 is 17.8 Å². The molecule has 0 aromatic carbocycles. The SMILES string of the molecule is CC[C@H](C)[C@H](CO)N1C(=O)[C@@H]2[C@H]3C(=O)OCCC=C[C@@]3(CC)O[C@@]23C=CCN(C(C)(C)CC(C)(C)C)C(=O)C13. The van der Waals surface area contributed by atoms with E-state index in [1.165, 1.54) is 0 Å². The highest BCUT2D eigenvalue weighted by Gasteiger charge is 2.76. The Morgan fingerprint density at radius 2 is 1.74 bits per heavy atom. The summed E-state index contributed by atoms with van der Waals surface area (Å²) in [4.78, 5) is 46.4. The second-order valence-corrected chi connectivity index (χ2v) is 13.8. The summed E-state index contributed by atoms with van der Waals surface area (Å²) in [6.45, 7) is 16.9. The number of fused-ring (bicyclic) bond motifs is 2. The van der Waals surface area contributed by atoms with E-state index >= 15 is 0 Å². The number of carbonyl (C=O) groups excluding carboxylic acids is 3.